The molecular formula is C19H20ClN5O2. The number of fused-ring (bicyclic) bond motifs is 1. The summed E-state index contributed by atoms with van der Waals surface area (Å²) in [4.78, 5) is 28.7. The molecule has 0 bridgehead atoms. The van der Waals surface area contributed by atoms with Crippen LogP contribution in [0.5, 0.6) is 0 Å². The zero-order valence-corrected chi connectivity index (χ0v) is 16.1. The smallest absolute Gasteiger partial charge is 0.269 e. The van der Waals surface area contributed by atoms with Gasteiger partial charge in [-0.05, 0) is 57.0 Å². The molecule has 0 saturated carbocycles. The quantitative estimate of drug-likeness (QED) is 0.676. The van der Waals surface area contributed by atoms with Gasteiger partial charge in [0, 0.05) is 34.5 Å². The van der Waals surface area contributed by atoms with Gasteiger partial charge in [0.05, 0.1) is 5.69 Å². The van der Waals surface area contributed by atoms with E-state index in [1.54, 1.807) is 28.8 Å². The summed E-state index contributed by atoms with van der Waals surface area (Å²) in [6.45, 7) is 5.80. The number of halogens is 1. The Morgan fingerprint density at radius 2 is 1.81 bits per heavy atom. The van der Waals surface area contributed by atoms with Gasteiger partial charge in [-0.25, -0.2) is 9.50 Å². The number of carbonyl (C=O) groups excluding carboxylic acids is 2. The molecule has 8 heteroatoms. The Morgan fingerprint density at radius 1 is 1.11 bits per heavy atom. The normalized spacial score (nSPS) is 10.8. The van der Waals surface area contributed by atoms with Crippen molar-refractivity contribution in [3.63, 3.8) is 0 Å². The van der Waals surface area contributed by atoms with Gasteiger partial charge < -0.3 is 0 Å². The number of benzene rings is 1. The van der Waals surface area contributed by atoms with Crippen LogP contribution >= 0.6 is 11.6 Å². The largest absolute Gasteiger partial charge is 0.273 e. The SMILES string of the molecule is Cc1cc2nc(C)c(CCC(=O)NNC(=O)c3ccc(Cl)cc3)c(C)n2n1. The average molecular weight is 386 g/mol. The second kappa shape index (κ2) is 7.75. The van der Waals surface area contributed by atoms with Crippen molar-refractivity contribution in [2.75, 3.05) is 0 Å². The summed E-state index contributed by atoms with van der Waals surface area (Å²) >= 11 is 5.79. The van der Waals surface area contributed by atoms with E-state index in [4.69, 9.17) is 11.6 Å². The number of hydrazine groups is 1. The molecule has 0 radical (unpaired) electrons. The second-order valence-corrected chi connectivity index (χ2v) is 6.76. The highest BCUT2D eigenvalue weighted by atomic mass is 35.5. The number of rotatable bonds is 4. The van der Waals surface area contributed by atoms with Gasteiger partial charge in [0.1, 0.15) is 0 Å². The zero-order valence-electron chi connectivity index (χ0n) is 15.3. The maximum atomic E-state index is 12.1. The molecular weight excluding hydrogens is 366 g/mol. The highest BCUT2D eigenvalue weighted by Gasteiger charge is 2.13. The fourth-order valence-electron chi connectivity index (χ4n) is 2.90. The number of carbonyl (C=O) groups is 2. The first-order valence-electron chi connectivity index (χ1n) is 8.52. The van der Waals surface area contributed by atoms with Crippen molar-refractivity contribution in [1.29, 1.82) is 0 Å². The molecule has 0 atom stereocenters. The number of aromatic nitrogens is 3. The second-order valence-electron chi connectivity index (χ2n) is 6.33. The summed E-state index contributed by atoms with van der Waals surface area (Å²) in [7, 11) is 0. The van der Waals surface area contributed by atoms with Crippen molar-refractivity contribution in [2.24, 2.45) is 0 Å². The fourth-order valence-corrected chi connectivity index (χ4v) is 3.03. The third kappa shape index (κ3) is 4.25. The zero-order chi connectivity index (χ0) is 19.6. The fraction of sp³-hybridized carbons (Fsp3) is 0.263. The van der Waals surface area contributed by atoms with Crippen LogP contribution in [0.3, 0.4) is 0 Å². The van der Waals surface area contributed by atoms with Crippen LogP contribution in [-0.2, 0) is 11.2 Å². The van der Waals surface area contributed by atoms with Gasteiger partial charge >= 0.3 is 0 Å². The molecule has 3 aromatic rings. The summed E-state index contributed by atoms with van der Waals surface area (Å²) in [5, 5.41) is 4.97. The molecule has 2 N–H and O–H groups in total. The minimum atomic E-state index is -0.400. The highest BCUT2D eigenvalue weighted by Crippen LogP contribution is 2.17. The van der Waals surface area contributed by atoms with Crippen molar-refractivity contribution < 1.29 is 9.59 Å². The van der Waals surface area contributed by atoms with Crippen LogP contribution in [0.2, 0.25) is 5.02 Å². The van der Waals surface area contributed by atoms with E-state index in [1.165, 1.54) is 0 Å². The summed E-state index contributed by atoms with van der Waals surface area (Å²) in [6.07, 6.45) is 0.720. The van der Waals surface area contributed by atoms with Crippen LogP contribution in [0, 0.1) is 20.8 Å². The van der Waals surface area contributed by atoms with Crippen LogP contribution in [0.1, 0.15) is 39.4 Å². The van der Waals surface area contributed by atoms with Gasteiger partial charge in [-0.2, -0.15) is 5.10 Å². The lowest BCUT2D eigenvalue weighted by molar-refractivity contribution is -0.121. The topological polar surface area (TPSA) is 88.4 Å². The van der Waals surface area contributed by atoms with Crippen molar-refractivity contribution >= 4 is 29.1 Å². The Morgan fingerprint density at radius 3 is 2.52 bits per heavy atom. The van der Waals surface area contributed by atoms with E-state index in [9.17, 15) is 9.59 Å². The Kier molecular flexibility index (Phi) is 5.41. The molecule has 0 fully saturated rings. The number of amides is 2. The Hall–Kier alpha value is -2.93. The molecule has 2 aromatic heterocycles. The van der Waals surface area contributed by atoms with Crippen LogP contribution in [0.15, 0.2) is 30.3 Å². The van der Waals surface area contributed by atoms with Gasteiger partial charge in [0.25, 0.3) is 5.91 Å². The molecule has 27 heavy (non-hydrogen) atoms. The summed E-state index contributed by atoms with van der Waals surface area (Å²) in [5.74, 6) is -0.685. The first-order valence-corrected chi connectivity index (χ1v) is 8.90. The van der Waals surface area contributed by atoms with Crippen LogP contribution < -0.4 is 10.9 Å². The predicted octanol–water partition coefficient (Wildman–Crippen LogP) is 2.70. The lowest BCUT2D eigenvalue weighted by Gasteiger charge is -2.11. The molecule has 0 aliphatic heterocycles. The van der Waals surface area contributed by atoms with E-state index < -0.39 is 5.91 Å². The van der Waals surface area contributed by atoms with Gasteiger partial charge in [-0.1, -0.05) is 11.6 Å². The Balaban J connectivity index is 1.60. The van der Waals surface area contributed by atoms with Gasteiger partial charge in [0.15, 0.2) is 5.65 Å². The Labute approximate surface area is 161 Å². The molecule has 0 unspecified atom stereocenters. The van der Waals surface area contributed by atoms with E-state index in [2.05, 4.69) is 20.9 Å². The molecule has 0 aliphatic carbocycles. The summed E-state index contributed by atoms with van der Waals surface area (Å²) in [5.41, 5.74) is 9.75. The number of hydrogen-bond acceptors (Lipinski definition) is 4. The monoisotopic (exact) mass is 385 g/mol. The maximum Gasteiger partial charge on any atom is 0.269 e. The Bertz CT molecular complexity index is 1010. The molecule has 7 nitrogen and oxygen atoms in total. The highest BCUT2D eigenvalue weighted by molar-refractivity contribution is 6.30. The predicted molar refractivity (Wildman–Crippen MR) is 103 cm³/mol. The molecule has 140 valence electrons. The lowest BCUT2D eigenvalue weighted by Crippen LogP contribution is -2.41. The van der Waals surface area contributed by atoms with Crippen LogP contribution in [0.4, 0.5) is 0 Å². The molecule has 0 aliphatic rings. The van der Waals surface area contributed by atoms with Crippen molar-refractivity contribution in [3.05, 3.63) is 63.6 Å². The molecule has 3 rings (SSSR count). The van der Waals surface area contributed by atoms with Crippen LogP contribution in [-0.4, -0.2) is 26.4 Å². The number of hydrogen-bond donors (Lipinski definition) is 2. The van der Waals surface area contributed by atoms with Crippen LogP contribution in [0.25, 0.3) is 5.65 Å². The minimum absolute atomic E-state index is 0.218. The maximum absolute atomic E-state index is 12.1. The number of nitrogens with zero attached hydrogens (tertiary/aromatic N) is 3. The molecule has 0 spiro atoms. The van der Waals surface area contributed by atoms with Gasteiger partial charge in [-0.15, -0.1) is 0 Å². The lowest BCUT2D eigenvalue weighted by atomic mass is 10.1. The van der Waals surface area contributed by atoms with E-state index in [-0.39, 0.29) is 12.3 Å². The average Bonchev–Trinajstić information content (AvgIpc) is 3.00. The van der Waals surface area contributed by atoms with Gasteiger partial charge in [-0.3, -0.25) is 20.4 Å². The standard InChI is InChI=1S/C19H20ClN5O2/c1-11-10-17-21-12(2)16(13(3)25(17)24-11)8-9-18(26)22-23-19(27)14-4-6-15(20)7-5-14/h4-7,10H,8-9H2,1-3H3,(H,22,26)(H,23,27). The van der Waals surface area contributed by atoms with E-state index in [0.29, 0.717) is 17.0 Å². The molecule has 2 amide bonds. The molecule has 2 heterocycles. The van der Waals surface area contributed by atoms with Crippen molar-refractivity contribution in [1.82, 2.24) is 25.4 Å². The third-order valence-corrected chi connectivity index (χ3v) is 4.56. The van der Waals surface area contributed by atoms with Crippen molar-refractivity contribution in [2.45, 2.75) is 33.6 Å². The molecule has 0 saturated heterocycles. The first kappa shape index (κ1) is 18.8. The summed E-state index contributed by atoms with van der Waals surface area (Å²) in [6, 6.07) is 8.32. The molecule has 1 aromatic carbocycles. The third-order valence-electron chi connectivity index (χ3n) is 4.31. The van der Waals surface area contributed by atoms with E-state index in [0.717, 1.165) is 28.3 Å². The van der Waals surface area contributed by atoms with E-state index in [1.807, 2.05) is 26.8 Å². The van der Waals surface area contributed by atoms with E-state index >= 15 is 0 Å². The van der Waals surface area contributed by atoms with Crippen molar-refractivity contribution in [3.8, 4) is 0 Å². The summed E-state index contributed by atoms with van der Waals surface area (Å²) < 4.78 is 1.79. The number of nitrogens with one attached hydrogen (secondary N) is 2. The minimum Gasteiger partial charge on any atom is -0.273 e. The number of aryl methyl sites for hydroxylation is 3. The first-order chi connectivity index (χ1) is 12.8. The van der Waals surface area contributed by atoms with Gasteiger partial charge in [0.2, 0.25) is 5.91 Å².